The molecule has 2 heterocycles. The largest absolute Gasteiger partial charge is 0.365 e. The third-order valence-corrected chi connectivity index (χ3v) is 5.55. The van der Waals surface area contributed by atoms with Crippen LogP contribution in [0.3, 0.4) is 0 Å². The van der Waals surface area contributed by atoms with E-state index in [-0.39, 0.29) is 5.82 Å². The van der Waals surface area contributed by atoms with Crippen molar-refractivity contribution in [3.63, 3.8) is 0 Å². The van der Waals surface area contributed by atoms with Gasteiger partial charge in [0.15, 0.2) is 0 Å². The molecule has 0 atom stereocenters. The standard InChI is InChI=1S/C22H20FN3S/c1-14(2)15-7-9-16(10-8-15)18-12-27-22-20(18)21(25-13-26-22)24-11-17-5-3-4-6-19(17)23/h3-10,12-14H,11H2,1-2H3,(H,24,25,26). The summed E-state index contributed by atoms with van der Waals surface area (Å²) in [4.78, 5) is 9.74. The lowest BCUT2D eigenvalue weighted by Crippen LogP contribution is -2.04. The fourth-order valence-electron chi connectivity index (χ4n) is 3.09. The number of anilines is 1. The molecule has 0 saturated carbocycles. The zero-order chi connectivity index (χ0) is 18.8. The van der Waals surface area contributed by atoms with Gasteiger partial charge in [-0.3, -0.25) is 0 Å². The van der Waals surface area contributed by atoms with E-state index in [0.717, 1.165) is 27.2 Å². The van der Waals surface area contributed by atoms with E-state index in [9.17, 15) is 4.39 Å². The second kappa shape index (κ2) is 7.45. The zero-order valence-corrected chi connectivity index (χ0v) is 16.1. The number of halogens is 1. The van der Waals surface area contributed by atoms with Gasteiger partial charge in [0.2, 0.25) is 0 Å². The minimum atomic E-state index is -0.217. The van der Waals surface area contributed by atoms with Crippen molar-refractivity contribution in [3.8, 4) is 11.1 Å². The smallest absolute Gasteiger partial charge is 0.139 e. The van der Waals surface area contributed by atoms with Crippen LogP contribution in [0.15, 0.2) is 60.2 Å². The molecule has 2 aromatic carbocycles. The average Bonchev–Trinajstić information content (AvgIpc) is 3.12. The number of nitrogens with one attached hydrogen (secondary N) is 1. The van der Waals surface area contributed by atoms with Gasteiger partial charge in [-0.05, 0) is 23.1 Å². The Hall–Kier alpha value is -2.79. The van der Waals surface area contributed by atoms with Crippen LogP contribution in [0.1, 0.15) is 30.9 Å². The molecule has 27 heavy (non-hydrogen) atoms. The quantitative estimate of drug-likeness (QED) is 0.448. The van der Waals surface area contributed by atoms with Gasteiger partial charge in [-0.1, -0.05) is 56.3 Å². The summed E-state index contributed by atoms with van der Waals surface area (Å²) in [6, 6.07) is 15.4. The number of fused-ring (bicyclic) bond motifs is 1. The highest BCUT2D eigenvalue weighted by atomic mass is 32.1. The molecule has 0 spiro atoms. The van der Waals surface area contributed by atoms with Gasteiger partial charge < -0.3 is 5.32 Å². The van der Waals surface area contributed by atoms with Crippen LogP contribution in [0.2, 0.25) is 0 Å². The van der Waals surface area contributed by atoms with Gasteiger partial charge >= 0.3 is 0 Å². The molecule has 3 nitrogen and oxygen atoms in total. The van der Waals surface area contributed by atoms with E-state index in [1.54, 1.807) is 29.8 Å². The van der Waals surface area contributed by atoms with Gasteiger partial charge in [-0.25, -0.2) is 14.4 Å². The minimum absolute atomic E-state index is 0.217. The molecule has 4 rings (SSSR count). The second-order valence-corrected chi connectivity index (χ2v) is 7.63. The molecule has 136 valence electrons. The van der Waals surface area contributed by atoms with E-state index in [1.165, 1.54) is 11.6 Å². The van der Waals surface area contributed by atoms with Gasteiger partial charge in [0.05, 0.1) is 5.39 Å². The summed E-state index contributed by atoms with van der Waals surface area (Å²) in [6.07, 6.45) is 1.55. The number of thiophene rings is 1. The fraction of sp³-hybridized carbons (Fsp3) is 0.182. The summed E-state index contributed by atoms with van der Waals surface area (Å²) in [5, 5.41) is 6.38. The van der Waals surface area contributed by atoms with Crippen LogP contribution in [0.25, 0.3) is 21.3 Å². The number of hydrogen-bond donors (Lipinski definition) is 1. The summed E-state index contributed by atoms with van der Waals surface area (Å²) in [5.41, 5.74) is 4.16. The zero-order valence-electron chi connectivity index (χ0n) is 15.2. The maximum absolute atomic E-state index is 13.9. The van der Waals surface area contributed by atoms with Crippen LogP contribution in [-0.2, 0) is 6.54 Å². The molecule has 1 N–H and O–H groups in total. The highest BCUT2D eigenvalue weighted by Crippen LogP contribution is 2.37. The average molecular weight is 377 g/mol. The van der Waals surface area contributed by atoms with Crippen molar-refractivity contribution in [2.75, 3.05) is 5.32 Å². The summed E-state index contributed by atoms with van der Waals surface area (Å²) in [7, 11) is 0. The molecule has 0 saturated heterocycles. The lowest BCUT2D eigenvalue weighted by molar-refractivity contribution is 0.613. The van der Waals surface area contributed by atoms with Crippen LogP contribution in [-0.4, -0.2) is 9.97 Å². The first kappa shape index (κ1) is 17.6. The Morgan fingerprint density at radius 1 is 1.04 bits per heavy atom. The van der Waals surface area contributed by atoms with E-state index >= 15 is 0 Å². The molecule has 5 heteroatoms. The molecule has 0 amide bonds. The fourth-order valence-corrected chi connectivity index (χ4v) is 4.01. The molecule has 4 aromatic rings. The van der Waals surface area contributed by atoms with Crippen molar-refractivity contribution in [2.45, 2.75) is 26.3 Å². The first-order chi connectivity index (χ1) is 13.1. The van der Waals surface area contributed by atoms with Gasteiger partial charge in [0, 0.05) is 23.1 Å². The maximum Gasteiger partial charge on any atom is 0.139 e. The van der Waals surface area contributed by atoms with Crippen LogP contribution in [0.4, 0.5) is 10.2 Å². The van der Waals surface area contributed by atoms with Crippen LogP contribution < -0.4 is 5.32 Å². The van der Waals surface area contributed by atoms with E-state index in [0.29, 0.717) is 18.0 Å². The van der Waals surface area contributed by atoms with Crippen molar-refractivity contribution < 1.29 is 4.39 Å². The van der Waals surface area contributed by atoms with Crippen LogP contribution in [0.5, 0.6) is 0 Å². The summed E-state index contributed by atoms with van der Waals surface area (Å²) < 4.78 is 13.9. The van der Waals surface area contributed by atoms with Gasteiger partial charge in [0.1, 0.15) is 22.8 Å². The molecule has 0 fully saturated rings. The number of aromatic nitrogens is 2. The molecule has 2 aromatic heterocycles. The molecule has 0 unspecified atom stereocenters. The third kappa shape index (κ3) is 3.55. The first-order valence-electron chi connectivity index (χ1n) is 8.93. The molecule has 0 bridgehead atoms. The summed E-state index contributed by atoms with van der Waals surface area (Å²) in [5.74, 6) is 1.01. The number of nitrogens with zero attached hydrogens (tertiary/aromatic N) is 2. The lowest BCUT2D eigenvalue weighted by atomic mass is 9.99. The predicted molar refractivity (Wildman–Crippen MR) is 111 cm³/mol. The van der Waals surface area contributed by atoms with Crippen molar-refractivity contribution in [1.82, 2.24) is 9.97 Å². The number of hydrogen-bond acceptors (Lipinski definition) is 4. The van der Waals surface area contributed by atoms with Crippen LogP contribution in [0, 0.1) is 5.82 Å². The van der Waals surface area contributed by atoms with Crippen molar-refractivity contribution >= 4 is 27.4 Å². The van der Waals surface area contributed by atoms with Crippen molar-refractivity contribution in [1.29, 1.82) is 0 Å². The normalized spacial score (nSPS) is 11.3. The first-order valence-corrected chi connectivity index (χ1v) is 9.81. The molecular weight excluding hydrogens is 357 g/mol. The molecule has 0 radical (unpaired) electrons. The monoisotopic (exact) mass is 377 g/mol. The Morgan fingerprint density at radius 2 is 1.81 bits per heavy atom. The lowest BCUT2D eigenvalue weighted by Gasteiger charge is -2.10. The third-order valence-electron chi connectivity index (χ3n) is 4.66. The maximum atomic E-state index is 13.9. The summed E-state index contributed by atoms with van der Waals surface area (Å²) in [6.45, 7) is 4.75. The Bertz CT molecular complexity index is 1070. The SMILES string of the molecule is CC(C)c1ccc(-c2csc3ncnc(NCc4ccccc4F)c23)cc1. The predicted octanol–water partition coefficient (Wildman–Crippen LogP) is 6.23. The molecule has 0 aliphatic heterocycles. The van der Waals surface area contributed by atoms with E-state index in [2.05, 4.69) is 58.8 Å². The topological polar surface area (TPSA) is 37.8 Å². The Labute approximate surface area is 161 Å². The number of rotatable bonds is 5. The Balaban J connectivity index is 1.70. The second-order valence-electron chi connectivity index (χ2n) is 6.77. The molecule has 0 aliphatic carbocycles. The van der Waals surface area contributed by atoms with Gasteiger partial charge in [-0.15, -0.1) is 11.3 Å². The van der Waals surface area contributed by atoms with Crippen molar-refractivity contribution in [3.05, 3.63) is 77.2 Å². The van der Waals surface area contributed by atoms with E-state index in [4.69, 9.17) is 0 Å². The van der Waals surface area contributed by atoms with Crippen molar-refractivity contribution in [2.24, 2.45) is 0 Å². The minimum Gasteiger partial charge on any atom is -0.365 e. The molecular formula is C22H20FN3S. The van der Waals surface area contributed by atoms with Crippen LogP contribution >= 0.6 is 11.3 Å². The van der Waals surface area contributed by atoms with Gasteiger partial charge in [0.25, 0.3) is 0 Å². The van der Waals surface area contributed by atoms with E-state index < -0.39 is 0 Å². The molecule has 0 aliphatic rings. The highest BCUT2D eigenvalue weighted by molar-refractivity contribution is 7.17. The summed E-state index contributed by atoms with van der Waals surface area (Å²) >= 11 is 1.59. The van der Waals surface area contributed by atoms with Gasteiger partial charge in [-0.2, -0.15) is 0 Å². The highest BCUT2D eigenvalue weighted by Gasteiger charge is 2.14. The van der Waals surface area contributed by atoms with E-state index in [1.807, 2.05) is 6.07 Å². The number of benzene rings is 2. The Morgan fingerprint density at radius 3 is 2.56 bits per heavy atom. The Kier molecular flexibility index (Phi) is 4.86.